The molecule has 0 aliphatic rings. The minimum absolute atomic E-state index is 0.280. The number of hydrogen-bond donors (Lipinski definition) is 0. The van der Waals surface area contributed by atoms with Crippen LogP contribution in [0.5, 0.6) is 0 Å². The van der Waals surface area contributed by atoms with Gasteiger partial charge in [0.2, 0.25) is 0 Å². The van der Waals surface area contributed by atoms with Gasteiger partial charge in [-0.1, -0.05) is 0 Å². The average molecular weight is 413 g/mol. The SMILES string of the molecule is CS/C(Sc1ccccc1)=C(\[Se]c1ccccc1)c1ccccc1. The average Bonchev–Trinajstić information content (AvgIpc) is 2.67. The van der Waals surface area contributed by atoms with E-state index in [1.165, 1.54) is 23.6 Å². The molecule has 0 fully saturated rings. The Morgan fingerprint density at radius 1 is 0.708 bits per heavy atom. The minimum atomic E-state index is 0.280. The third-order valence-electron chi connectivity index (χ3n) is 3.32. The Kier molecular flexibility index (Phi) is 6.68. The summed E-state index contributed by atoms with van der Waals surface area (Å²) in [6, 6.07) is 32.2. The standard InChI is InChI=1S/C21H18S2Se/c1-22-21(23-18-13-7-3-8-14-18)20(17-11-5-2-6-12-17)24-19-15-9-4-10-16-19/h2-16H,1H3/b21-20+. The molecule has 3 rings (SSSR count). The molecule has 0 radical (unpaired) electrons. The molecule has 0 bridgehead atoms. The van der Waals surface area contributed by atoms with Gasteiger partial charge in [0.25, 0.3) is 0 Å². The molecular formula is C21H18S2Se. The normalized spacial score (nSPS) is 11.9. The van der Waals surface area contributed by atoms with Gasteiger partial charge in [-0.3, -0.25) is 0 Å². The van der Waals surface area contributed by atoms with Crippen molar-refractivity contribution in [3.63, 3.8) is 0 Å². The van der Waals surface area contributed by atoms with E-state index in [0.717, 1.165) is 0 Å². The van der Waals surface area contributed by atoms with Crippen LogP contribution in [0.1, 0.15) is 5.56 Å². The van der Waals surface area contributed by atoms with Crippen LogP contribution in [0.2, 0.25) is 0 Å². The van der Waals surface area contributed by atoms with Crippen LogP contribution >= 0.6 is 23.5 Å². The van der Waals surface area contributed by atoms with Gasteiger partial charge in [0.05, 0.1) is 0 Å². The van der Waals surface area contributed by atoms with Crippen LogP contribution in [0.15, 0.2) is 100 Å². The van der Waals surface area contributed by atoms with Crippen LogP contribution < -0.4 is 4.46 Å². The Morgan fingerprint density at radius 2 is 1.25 bits per heavy atom. The molecule has 0 saturated heterocycles. The molecule has 3 heteroatoms. The Morgan fingerprint density at radius 3 is 1.83 bits per heavy atom. The van der Waals surface area contributed by atoms with Gasteiger partial charge in [0, 0.05) is 0 Å². The second kappa shape index (κ2) is 9.19. The summed E-state index contributed by atoms with van der Waals surface area (Å²) in [7, 11) is 0. The van der Waals surface area contributed by atoms with Crippen molar-refractivity contribution in [2.45, 2.75) is 4.90 Å². The van der Waals surface area contributed by atoms with E-state index in [-0.39, 0.29) is 15.0 Å². The van der Waals surface area contributed by atoms with Crippen LogP contribution in [0.4, 0.5) is 0 Å². The van der Waals surface area contributed by atoms with Gasteiger partial charge < -0.3 is 0 Å². The molecule has 24 heavy (non-hydrogen) atoms. The van der Waals surface area contributed by atoms with Crippen molar-refractivity contribution in [3.05, 3.63) is 101 Å². The van der Waals surface area contributed by atoms with Gasteiger partial charge in [-0.25, -0.2) is 0 Å². The monoisotopic (exact) mass is 414 g/mol. The summed E-state index contributed by atoms with van der Waals surface area (Å²) < 4.78 is 4.25. The Labute approximate surface area is 158 Å². The maximum absolute atomic E-state index is 2.23. The summed E-state index contributed by atoms with van der Waals surface area (Å²) in [5, 5.41) is 0. The summed E-state index contributed by atoms with van der Waals surface area (Å²) in [5.41, 5.74) is 1.33. The fourth-order valence-electron chi connectivity index (χ4n) is 2.19. The van der Waals surface area contributed by atoms with Crippen molar-refractivity contribution in [2.75, 3.05) is 6.26 Å². The molecule has 0 atom stereocenters. The van der Waals surface area contributed by atoms with E-state index in [1.54, 1.807) is 0 Å². The van der Waals surface area contributed by atoms with E-state index < -0.39 is 0 Å². The first-order valence-electron chi connectivity index (χ1n) is 7.66. The molecule has 0 saturated carbocycles. The van der Waals surface area contributed by atoms with Crippen molar-refractivity contribution in [2.24, 2.45) is 0 Å². The number of rotatable bonds is 6. The molecule has 120 valence electrons. The molecule has 0 heterocycles. The number of benzene rings is 3. The van der Waals surface area contributed by atoms with Crippen LogP contribution in [0.25, 0.3) is 4.47 Å². The van der Waals surface area contributed by atoms with Gasteiger partial charge in [-0.15, -0.1) is 0 Å². The quantitative estimate of drug-likeness (QED) is 0.387. The Bertz CT molecular complexity index is 784. The third-order valence-corrected chi connectivity index (χ3v) is 8.55. The van der Waals surface area contributed by atoms with Crippen molar-refractivity contribution in [1.29, 1.82) is 0 Å². The summed E-state index contributed by atoms with van der Waals surface area (Å²) in [5.74, 6) is 0. The predicted octanol–water partition coefficient (Wildman–Crippen LogP) is 5.50. The van der Waals surface area contributed by atoms with Crippen LogP contribution in [-0.4, -0.2) is 21.2 Å². The van der Waals surface area contributed by atoms with E-state index in [4.69, 9.17) is 0 Å². The first kappa shape index (κ1) is 17.4. The van der Waals surface area contributed by atoms with Crippen LogP contribution in [0.3, 0.4) is 0 Å². The van der Waals surface area contributed by atoms with E-state index in [9.17, 15) is 0 Å². The second-order valence-corrected chi connectivity index (χ2v) is 9.45. The van der Waals surface area contributed by atoms with Crippen molar-refractivity contribution >= 4 is 47.4 Å². The van der Waals surface area contributed by atoms with Gasteiger partial charge in [0.15, 0.2) is 0 Å². The summed E-state index contributed by atoms with van der Waals surface area (Å²) in [6.45, 7) is 0. The zero-order valence-electron chi connectivity index (χ0n) is 13.4. The van der Waals surface area contributed by atoms with Gasteiger partial charge in [-0.05, 0) is 0 Å². The number of hydrogen-bond acceptors (Lipinski definition) is 2. The zero-order valence-corrected chi connectivity index (χ0v) is 16.7. The van der Waals surface area contributed by atoms with E-state index in [1.807, 2.05) is 23.5 Å². The molecular weight excluding hydrogens is 395 g/mol. The van der Waals surface area contributed by atoms with Crippen LogP contribution in [-0.2, 0) is 0 Å². The molecule has 3 aromatic carbocycles. The fraction of sp³-hybridized carbons (Fsp3) is 0.0476. The third kappa shape index (κ3) is 4.81. The number of thioether (sulfide) groups is 2. The summed E-state index contributed by atoms with van der Waals surface area (Å²) in [4.78, 5) is 1.29. The molecule has 0 N–H and O–H groups in total. The molecule has 0 aromatic heterocycles. The Balaban J connectivity index is 2.00. The first-order chi connectivity index (χ1) is 11.9. The molecule has 0 spiro atoms. The fourth-order valence-corrected chi connectivity index (χ4v) is 6.87. The first-order valence-corrected chi connectivity index (χ1v) is 11.4. The zero-order chi connectivity index (χ0) is 16.6. The second-order valence-electron chi connectivity index (χ2n) is 5.02. The van der Waals surface area contributed by atoms with E-state index in [2.05, 4.69) is 97.3 Å². The predicted molar refractivity (Wildman–Crippen MR) is 111 cm³/mol. The molecule has 0 nitrogen and oxygen atoms in total. The van der Waals surface area contributed by atoms with Crippen molar-refractivity contribution in [1.82, 2.24) is 0 Å². The van der Waals surface area contributed by atoms with Crippen molar-refractivity contribution < 1.29 is 0 Å². The van der Waals surface area contributed by atoms with Gasteiger partial charge in [0.1, 0.15) is 0 Å². The molecule has 0 unspecified atom stereocenters. The van der Waals surface area contributed by atoms with Gasteiger partial charge >= 0.3 is 159 Å². The molecule has 0 aliphatic carbocycles. The maximum atomic E-state index is 2.23. The van der Waals surface area contributed by atoms with E-state index >= 15 is 0 Å². The molecule has 3 aromatic rings. The van der Waals surface area contributed by atoms with Gasteiger partial charge in [-0.2, -0.15) is 0 Å². The van der Waals surface area contributed by atoms with Crippen LogP contribution in [0, 0.1) is 0 Å². The summed E-state index contributed by atoms with van der Waals surface area (Å²) >= 11 is 3.99. The molecule has 0 aliphatic heterocycles. The molecule has 0 amide bonds. The summed E-state index contributed by atoms with van der Waals surface area (Å²) in [6.07, 6.45) is 2.18. The Hall–Kier alpha value is -1.38. The van der Waals surface area contributed by atoms with E-state index in [0.29, 0.717) is 0 Å². The van der Waals surface area contributed by atoms with Crippen molar-refractivity contribution in [3.8, 4) is 0 Å². The topological polar surface area (TPSA) is 0 Å².